The molecule has 1 heteroatoms. The Hall–Kier alpha value is -1.63. The van der Waals surface area contributed by atoms with E-state index in [4.69, 9.17) is 0 Å². The molecule has 2 saturated carbocycles. The van der Waals surface area contributed by atoms with Gasteiger partial charge in [0.15, 0.2) is 0 Å². The first-order chi connectivity index (χ1) is 13.7. The molecule has 2 aliphatic rings. The largest absolute Gasteiger partial charge is 0.207 e. The second-order valence-corrected chi connectivity index (χ2v) is 9.33. The first kappa shape index (κ1) is 19.7. The van der Waals surface area contributed by atoms with Crippen LogP contribution in [0.1, 0.15) is 82.6 Å². The van der Waals surface area contributed by atoms with Crippen LogP contribution in [-0.2, 0) is 0 Å². The van der Waals surface area contributed by atoms with Crippen molar-refractivity contribution < 1.29 is 4.39 Å². The molecule has 150 valence electrons. The summed E-state index contributed by atoms with van der Waals surface area (Å²) in [5, 5.41) is 0. The van der Waals surface area contributed by atoms with Crippen LogP contribution in [0.25, 0.3) is 11.1 Å². The highest BCUT2D eigenvalue weighted by Crippen LogP contribution is 2.48. The van der Waals surface area contributed by atoms with Crippen molar-refractivity contribution in [2.75, 3.05) is 0 Å². The Morgan fingerprint density at radius 2 is 1.39 bits per heavy atom. The fourth-order valence-corrected chi connectivity index (χ4v) is 5.82. The lowest BCUT2D eigenvalue weighted by atomic mass is 9.63. The SMILES string of the molecule is CCCCCC1CCC2CC(c3ccc(-c4ccc(F)cc4)cc3)CCC2C1. The molecule has 0 aromatic heterocycles. The summed E-state index contributed by atoms with van der Waals surface area (Å²) in [6.45, 7) is 2.31. The van der Waals surface area contributed by atoms with Crippen molar-refractivity contribution in [3.63, 3.8) is 0 Å². The van der Waals surface area contributed by atoms with Crippen LogP contribution in [0, 0.1) is 23.6 Å². The first-order valence-corrected chi connectivity index (χ1v) is 11.6. The van der Waals surface area contributed by atoms with Crippen LogP contribution in [0.3, 0.4) is 0 Å². The summed E-state index contributed by atoms with van der Waals surface area (Å²) < 4.78 is 13.1. The normalized spacial score (nSPS) is 27.4. The summed E-state index contributed by atoms with van der Waals surface area (Å²) in [6.07, 6.45) is 14.3. The summed E-state index contributed by atoms with van der Waals surface area (Å²) in [5.41, 5.74) is 3.79. The summed E-state index contributed by atoms with van der Waals surface area (Å²) in [7, 11) is 0. The van der Waals surface area contributed by atoms with Gasteiger partial charge in [-0.25, -0.2) is 4.39 Å². The molecule has 0 saturated heterocycles. The summed E-state index contributed by atoms with van der Waals surface area (Å²) in [4.78, 5) is 0. The Kier molecular flexibility index (Phi) is 6.50. The second-order valence-electron chi connectivity index (χ2n) is 9.33. The average Bonchev–Trinajstić information content (AvgIpc) is 2.74. The molecule has 0 heterocycles. The molecule has 0 N–H and O–H groups in total. The van der Waals surface area contributed by atoms with Gasteiger partial charge in [-0.1, -0.05) is 75.4 Å². The number of hydrogen-bond donors (Lipinski definition) is 0. The van der Waals surface area contributed by atoms with Crippen LogP contribution in [0.5, 0.6) is 0 Å². The van der Waals surface area contributed by atoms with Crippen LogP contribution in [-0.4, -0.2) is 0 Å². The average molecular weight is 379 g/mol. The van der Waals surface area contributed by atoms with Gasteiger partial charge in [0.25, 0.3) is 0 Å². The minimum absolute atomic E-state index is 0.169. The van der Waals surface area contributed by atoms with E-state index in [1.807, 2.05) is 12.1 Å². The van der Waals surface area contributed by atoms with Crippen molar-refractivity contribution in [3.05, 3.63) is 59.9 Å². The van der Waals surface area contributed by atoms with Gasteiger partial charge in [0.2, 0.25) is 0 Å². The van der Waals surface area contributed by atoms with E-state index >= 15 is 0 Å². The standard InChI is InChI=1S/C27H35F/c1-2-3-4-5-20-6-7-26-19-25(13-12-24(26)18-20)23-10-8-21(9-11-23)22-14-16-27(28)17-15-22/h8-11,14-17,20,24-26H,2-7,12-13,18-19H2,1H3. The quantitative estimate of drug-likeness (QED) is 0.443. The Labute approximate surface area is 170 Å². The smallest absolute Gasteiger partial charge is 0.123 e. The summed E-state index contributed by atoms with van der Waals surface area (Å²) in [5.74, 6) is 3.53. The number of rotatable bonds is 6. The lowest BCUT2D eigenvalue weighted by Crippen LogP contribution is -2.30. The van der Waals surface area contributed by atoms with Gasteiger partial charge in [-0.05, 0) is 84.6 Å². The van der Waals surface area contributed by atoms with Crippen molar-refractivity contribution in [3.8, 4) is 11.1 Å². The minimum Gasteiger partial charge on any atom is -0.207 e. The highest BCUT2D eigenvalue weighted by molar-refractivity contribution is 5.63. The third-order valence-electron chi connectivity index (χ3n) is 7.50. The molecule has 0 amide bonds. The maximum atomic E-state index is 13.1. The van der Waals surface area contributed by atoms with Crippen molar-refractivity contribution in [2.24, 2.45) is 17.8 Å². The van der Waals surface area contributed by atoms with Gasteiger partial charge >= 0.3 is 0 Å². The molecule has 0 radical (unpaired) electrons. The molecule has 2 aliphatic carbocycles. The van der Waals surface area contributed by atoms with E-state index in [1.54, 1.807) is 12.1 Å². The van der Waals surface area contributed by atoms with Crippen molar-refractivity contribution in [2.45, 2.75) is 77.0 Å². The number of benzene rings is 2. The van der Waals surface area contributed by atoms with Gasteiger partial charge < -0.3 is 0 Å². The Bertz CT molecular complexity index is 730. The van der Waals surface area contributed by atoms with E-state index in [0.717, 1.165) is 29.2 Å². The topological polar surface area (TPSA) is 0 Å². The number of hydrogen-bond acceptors (Lipinski definition) is 0. The zero-order valence-electron chi connectivity index (χ0n) is 17.4. The molecule has 0 bridgehead atoms. The Morgan fingerprint density at radius 1 is 0.750 bits per heavy atom. The fraction of sp³-hybridized carbons (Fsp3) is 0.556. The molecule has 2 aromatic carbocycles. The predicted molar refractivity (Wildman–Crippen MR) is 117 cm³/mol. The van der Waals surface area contributed by atoms with Crippen molar-refractivity contribution in [1.29, 1.82) is 0 Å². The van der Waals surface area contributed by atoms with Crippen molar-refractivity contribution >= 4 is 0 Å². The lowest BCUT2D eigenvalue weighted by Gasteiger charge is -2.42. The third-order valence-corrected chi connectivity index (χ3v) is 7.50. The summed E-state index contributed by atoms with van der Waals surface area (Å²) in [6, 6.07) is 15.9. The lowest BCUT2D eigenvalue weighted by molar-refractivity contribution is 0.113. The molecular weight excluding hydrogens is 343 g/mol. The van der Waals surface area contributed by atoms with Crippen LogP contribution in [0.4, 0.5) is 4.39 Å². The highest BCUT2D eigenvalue weighted by atomic mass is 19.1. The van der Waals surface area contributed by atoms with Crippen molar-refractivity contribution in [1.82, 2.24) is 0 Å². The molecule has 0 aliphatic heterocycles. The Morgan fingerprint density at radius 3 is 2.11 bits per heavy atom. The Balaban J connectivity index is 1.34. The van der Waals surface area contributed by atoms with E-state index in [2.05, 4.69) is 31.2 Å². The zero-order valence-corrected chi connectivity index (χ0v) is 17.4. The van der Waals surface area contributed by atoms with Gasteiger partial charge in [-0.2, -0.15) is 0 Å². The van der Waals surface area contributed by atoms with Crippen LogP contribution in [0.15, 0.2) is 48.5 Å². The predicted octanol–water partition coefficient (Wildman–Crippen LogP) is 8.37. The van der Waals surface area contributed by atoms with E-state index in [1.165, 1.54) is 75.3 Å². The molecule has 2 fully saturated rings. The molecule has 4 unspecified atom stereocenters. The maximum absolute atomic E-state index is 13.1. The number of unbranched alkanes of at least 4 members (excludes halogenated alkanes) is 2. The monoisotopic (exact) mass is 378 g/mol. The van der Waals surface area contributed by atoms with Gasteiger partial charge in [-0.3, -0.25) is 0 Å². The van der Waals surface area contributed by atoms with Crippen LogP contribution >= 0.6 is 0 Å². The fourth-order valence-electron chi connectivity index (χ4n) is 5.82. The van der Waals surface area contributed by atoms with E-state index in [-0.39, 0.29) is 5.82 Å². The first-order valence-electron chi connectivity index (χ1n) is 11.6. The maximum Gasteiger partial charge on any atom is 0.123 e. The molecule has 4 atom stereocenters. The molecular formula is C27H35F. The molecule has 28 heavy (non-hydrogen) atoms. The number of fused-ring (bicyclic) bond motifs is 1. The van der Waals surface area contributed by atoms with Crippen LogP contribution < -0.4 is 0 Å². The minimum atomic E-state index is -0.169. The molecule has 2 aromatic rings. The third kappa shape index (κ3) is 4.67. The zero-order chi connectivity index (χ0) is 19.3. The molecule has 0 spiro atoms. The van der Waals surface area contributed by atoms with E-state index in [0.29, 0.717) is 0 Å². The summed E-state index contributed by atoms with van der Waals surface area (Å²) >= 11 is 0. The van der Waals surface area contributed by atoms with E-state index < -0.39 is 0 Å². The van der Waals surface area contributed by atoms with Gasteiger partial charge in [0, 0.05) is 0 Å². The van der Waals surface area contributed by atoms with Gasteiger partial charge in [0.05, 0.1) is 0 Å². The van der Waals surface area contributed by atoms with Gasteiger partial charge in [-0.15, -0.1) is 0 Å². The molecule has 4 rings (SSSR count). The molecule has 0 nitrogen and oxygen atoms in total. The highest BCUT2D eigenvalue weighted by Gasteiger charge is 2.35. The van der Waals surface area contributed by atoms with Gasteiger partial charge in [0.1, 0.15) is 5.82 Å². The van der Waals surface area contributed by atoms with E-state index in [9.17, 15) is 4.39 Å². The second kappa shape index (κ2) is 9.25. The van der Waals surface area contributed by atoms with Crippen LogP contribution in [0.2, 0.25) is 0 Å². The number of halogens is 1.